The van der Waals surface area contributed by atoms with Crippen LogP contribution in [0.2, 0.25) is 0 Å². The molecule has 0 unspecified atom stereocenters. The van der Waals surface area contributed by atoms with Gasteiger partial charge in [-0.05, 0) is 41.8 Å². The molecule has 0 spiro atoms. The molecule has 2 aromatic carbocycles. The van der Waals surface area contributed by atoms with E-state index in [0.29, 0.717) is 5.56 Å². The summed E-state index contributed by atoms with van der Waals surface area (Å²) in [5, 5.41) is 19.4. The van der Waals surface area contributed by atoms with Gasteiger partial charge in [-0.25, -0.2) is 0 Å². The van der Waals surface area contributed by atoms with E-state index in [1.807, 2.05) is 19.1 Å². The fourth-order valence-electron chi connectivity index (χ4n) is 1.81. The third-order valence-electron chi connectivity index (χ3n) is 2.75. The molecule has 4 nitrogen and oxygen atoms in total. The quantitative estimate of drug-likeness (QED) is 0.594. The van der Waals surface area contributed by atoms with Gasteiger partial charge in [-0.15, -0.1) is 0 Å². The fourth-order valence-corrected chi connectivity index (χ4v) is 1.81. The number of non-ortho nitro benzene ring substituents is 1. The third-order valence-corrected chi connectivity index (χ3v) is 2.75. The number of hydrogen-bond acceptors (Lipinski definition) is 3. The van der Waals surface area contributed by atoms with E-state index in [1.54, 1.807) is 24.3 Å². The van der Waals surface area contributed by atoms with Crippen LogP contribution in [0.3, 0.4) is 0 Å². The molecule has 0 bridgehead atoms. The number of nitro groups is 1. The highest BCUT2D eigenvalue weighted by Gasteiger charge is 2.09. The molecule has 0 amide bonds. The fraction of sp³-hybridized carbons (Fsp3) is 0.0714. The van der Waals surface area contributed by atoms with Gasteiger partial charge in [0.15, 0.2) is 0 Å². The highest BCUT2D eigenvalue weighted by molar-refractivity contribution is 5.69. The second-order valence-electron chi connectivity index (χ2n) is 3.95. The minimum atomic E-state index is -0.407. The maximum absolute atomic E-state index is 10.7. The topological polar surface area (TPSA) is 66.9 Å². The lowest BCUT2D eigenvalue weighted by Crippen LogP contribution is -1.90. The Labute approximate surface area is 104 Å². The molecule has 2 rings (SSSR count). The van der Waals surface area contributed by atoms with Crippen LogP contribution in [0.1, 0.15) is 11.1 Å². The molecular formula is C14H10N2O2. The second kappa shape index (κ2) is 4.68. The Bertz CT molecular complexity index is 640. The summed E-state index contributed by atoms with van der Waals surface area (Å²) in [6.45, 7) is 1.83. The van der Waals surface area contributed by atoms with Crippen LogP contribution in [0.5, 0.6) is 0 Å². The molecule has 0 aliphatic rings. The maximum atomic E-state index is 10.7. The summed E-state index contributed by atoms with van der Waals surface area (Å²) in [6, 6.07) is 14.0. The molecule has 0 aliphatic carbocycles. The molecule has 0 saturated carbocycles. The first kappa shape index (κ1) is 11.8. The smallest absolute Gasteiger partial charge is 0.258 e. The van der Waals surface area contributed by atoms with Crippen LogP contribution in [-0.4, -0.2) is 4.92 Å². The lowest BCUT2D eigenvalue weighted by molar-refractivity contribution is -0.384. The van der Waals surface area contributed by atoms with Crippen molar-refractivity contribution in [3.05, 3.63) is 63.7 Å². The number of nitriles is 1. The van der Waals surface area contributed by atoms with E-state index in [9.17, 15) is 10.1 Å². The van der Waals surface area contributed by atoms with Crippen molar-refractivity contribution in [2.45, 2.75) is 6.92 Å². The number of benzene rings is 2. The van der Waals surface area contributed by atoms with Crippen LogP contribution in [0, 0.1) is 28.4 Å². The summed E-state index contributed by atoms with van der Waals surface area (Å²) in [5.41, 5.74) is 3.41. The zero-order chi connectivity index (χ0) is 13.1. The van der Waals surface area contributed by atoms with Gasteiger partial charge in [0.1, 0.15) is 0 Å². The Kier molecular flexibility index (Phi) is 3.07. The summed E-state index contributed by atoms with van der Waals surface area (Å²) < 4.78 is 0. The molecule has 0 fully saturated rings. The zero-order valence-electron chi connectivity index (χ0n) is 9.75. The van der Waals surface area contributed by atoms with E-state index < -0.39 is 4.92 Å². The largest absolute Gasteiger partial charge is 0.269 e. The van der Waals surface area contributed by atoms with E-state index in [1.165, 1.54) is 6.07 Å². The first-order valence-electron chi connectivity index (χ1n) is 5.37. The predicted octanol–water partition coefficient (Wildman–Crippen LogP) is 3.44. The summed E-state index contributed by atoms with van der Waals surface area (Å²) in [6.07, 6.45) is 0. The van der Waals surface area contributed by atoms with Gasteiger partial charge < -0.3 is 0 Å². The molecule has 2 aromatic rings. The van der Waals surface area contributed by atoms with Gasteiger partial charge in [-0.1, -0.05) is 12.1 Å². The summed E-state index contributed by atoms with van der Waals surface area (Å²) in [4.78, 5) is 10.2. The van der Waals surface area contributed by atoms with Gasteiger partial charge in [0.05, 0.1) is 16.6 Å². The highest BCUT2D eigenvalue weighted by atomic mass is 16.6. The van der Waals surface area contributed by atoms with Crippen LogP contribution in [0.25, 0.3) is 11.1 Å². The lowest BCUT2D eigenvalue weighted by Gasteiger charge is -2.05. The molecule has 0 atom stereocenters. The standard InChI is InChI=1S/C14H10N2O2/c1-10-8-13(16(17)18)6-7-14(10)12-4-2-11(9-15)3-5-12/h2-8H,1H3. The van der Waals surface area contributed by atoms with Crippen molar-refractivity contribution >= 4 is 5.69 Å². The molecule has 18 heavy (non-hydrogen) atoms. The van der Waals surface area contributed by atoms with Crippen molar-refractivity contribution in [3.63, 3.8) is 0 Å². The molecule has 0 radical (unpaired) electrons. The Morgan fingerprint density at radius 2 is 1.83 bits per heavy atom. The van der Waals surface area contributed by atoms with Crippen molar-refractivity contribution in [2.75, 3.05) is 0 Å². The third kappa shape index (κ3) is 2.20. The molecule has 0 heterocycles. The minimum absolute atomic E-state index is 0.0879. The Balaban J connectivity index is 2.45. The average Bonchev–Trinajstić information content (AvgIpc) is 2.38. The van der Waals surface area contributed by atoms with Crippen molar-refractivity contribution in [1.82, 2.24) is 0 Å². The molecule has 0 saturated heterocycles. The van der Waals surface area contributed by atoms with Crippen molar-refractivity contribution < 1.29 is 4.92 Å². The van der Waals surface area contributed by atoms with E-state index in [-0.39, 0.29) is 5.69 Å². The molecule has 0 aliphatic heterocycles. The number of rotatable bonds is 2. The highest BCUT2D eigenvalue weighted by Crippen LogP contribution is 2.26. The predicted molar refractivity (Wildman–Crippen MR) is 68.0 cm³/mol. The van der Waals surface area contributed by atoms with E-state index in [2.05, 4.69) is 6.07 Å². The summed E-state index contributed by atoms with van der Waals surface area (Å²) >= 11 is 0. The average molecular weight is 238 g/mol. The van der Waals surface area contributed by atoms with Gasteiger partial charge in [-0.2, -0.15) is 5.26 Å². The molecule has 0 N–H and O–H groups in total. The van der Waals surface area contributed by atoms with Gasteiger partial charge in [0.2, 0.25) is 0 Å². The van der Waals surface area contributed by atoms with Crippen LogP contribution >= 0.6 is 0 Å². The van der Waals surface area contributed by atoms with Crippen LogP contribution < -0.4 is 0 Å². The number of nitrogens with zero attached hydrogens (tertiary/aromatic N) is 2. The lowest BCUT2D eigenvalue weighted by atomic mass is 9.99. The molecule has 4 heteroatoms. The van der Waals surface area contributed by atoms with E-state index in [4.69, 9.17) is 5.26 Å². The number of hydrogen-bond donors (Lipinski definition) is 0. The Morgan fingerprint density at radius 1 is 1.17 bits per heavy atom. The zero-order valence-corrected chi connectivity index (χ0v) is 9.75. The number of aryl methyl sites for hydroxylation is 1. The summed E-state index contributed by atoms with van der Waals surface area (Å²) in [5.74, 6) is 0. The van der Waals surface area contributed by atoms with Crippen LogP contribution in [0.15, 0.2) is 42.5 Å². The first-order chi connectivity index (χ1) is 8.61. The van der Waals surface area contributed by atoms with Gasteiger partial charge in [-0.3, -0.25) is 10.1 Å². The minimum Gasteiger partial charge on any atom is -0.258 e. The van der Waals surface area contributed by atoms with Crippen molar-refractivity contribution in [1.29, 1.82) is 5.26 Å². The SMILES string of the molecule is Cc1cc([N+](=O)[O-])ccc1-c1ccc(C#N)cc1. The van der Waals surface area contributed by atoms with Gasteiger partial charge in [0.25, 0.3) is 5.69 Å². The maximum Gasteiger partial charge on any atom is 0.269 e. The Hall–Kier alpha value is -2.67. The summed E-state index contributed by atoms with van der Waals surface area (Å²) in [7, 11) is 0. The van der Waals surface area contributed by atoms with Gasteiger partial charge >= 0.3 is 0 Å². The normalized spacial score (nSPS) is 9.78. The molecule has 0 aromatic heterocycles. The van der Waals surface area contributed by atoms with Crippen molar-refractivity contribution in [3.8, 4) is 17.2 Å². The molecular weight excluding hydrogens is 228 g/mol. The van der Waals surface area contributed by atoms with E-state index >= 15 is 0 Å². The van der Waals surface area contributed by atoms with E-state index in [0.717, 1.165) is 16.7 Å². The monoisotopic (exact) mass is 238 g/mol. The first-order valence-corrected chi connectivity index (χ1v) is 5.37. The van der Waals surface area contributed by atoms with Crippen molar-refractivity contribution in [2.24, 2.45) is 0 Å². The molecule has 88 valence electrons. The Morgan fingerprint density at radius 3 is 2.33 bits per heavy atom. The van der Waals surface area contributed by atoms with Crippen LogP contribution in [0.4, 0.5) is 5.69 Å². The second-order valence-corrected chi connectivity index (χ2v) is 3.95. The number of nitro benzene ring substituents is 1. The van der Waals surface area contributed by atoms with Gasteiger partial charge in [0, 0.05) is 12.1 Å². The van der Waals surface area contributed by atoms with Crippen LogP contribution in [-0.2, 0) is 0 Å².